The number of nitrogens with one attached hydrogen (secondary N) is 1. The molecule has 2 N–H and O–H groups in total. The topological polar surface area (TPSA) is 153 Å². The Kier molecular flexibility index (Phi) is 13.4. The van der Waals surface area contributed by atoms with Crippen LogP contribution in [0.5, 0.6) is 5.75 Å². The highest BCUT2D eigenvalue weighted by Gasteiger charge is 2.63. The third-order valence-corrected chi connectivity index (χ3v) is 11.3. The number of alkyl carbamates (subject to hydrolysis) is 1. The molecule has 0 radical (unpaired) electrons. The first-order valence-corrected chi connectivity index (χ1v) is 19.0. The summed E-state index contributed by atoms with van der Waals surface area (Å²) < 4.78 is 29.5. The van der Waals surface area contributed by atoms with E-state index in [2.05, 4.69) is 5.32 Å². The third kappa shape index (κ3) is 9.07. The Morgan fingerprint density at radius 3 is 2.56 bits per heavy atom. The van der Waals surface area contributed by atoms with E-state index in [1.54, 1.807) is 70.9 Å². The van der Waals surface area contributed by atoms with Crippen LogP contribution in [0, 0.1) is 0 Å². The number of anilines is 1. The number of carbonyl (C=O) groups is 4. The van der Waals surface area contributed by atoms with Crippen molar-refractivity contribution in [1.82, 2.24) is 10.2 Å². The normalized spacial score (nSPS) is 31.6. The minimum absolute atomic E-state index is 0.0897. The summed E-state index contributed by atoms with van der Waals surface area (Å²) in [6.07, 6.45) is 4.53. The molecule has 1 aromatic rings. The molecule has 2 saturated heterocycles. The van der Waals surface area contributed by atoms with Crippen molar-refractivity contribution >= 4 is 52.9 Å². The number of allylic oxidation sites excluding steroid dienone is 3. The molecule has 288 valence electrons. The van der Waals surface area contributed by atoms with E-state index in [0.29, 0.717) is 24.3 Å². The van der Waals surface area contributed by atoms with Gasteiger partial charge in [0.05, 0.1) is 19.2 Å². The van der Waals surface area contributed by atoms with E-state index >= 15 is 0 Å². The summed E-state index contributed by atoms with van der Waals surface area (Å²) in [5, 5.41) is 14.5. The van der Waals surface area contributed by atoms with Crippen LogP contribution in [0.2, 0.25) is 5.02 Å². The molecule has 6 bridgehead atoms. The van der Waals surface area contributed by atoms with Crippen LogP contribution in [0.1, 0.15) is 65.4 Å². The van der Waals surface area contributed by atoms with E-state index in [9.17, 15) is 24.3 Å². The maximum atomic E-state index is 14.1. The van der Waals surface area contributed by atoms with Crippen molar-refractivity contribution in [3.63, 3.8) is 0 Å². The first-order valence-electron chi connectivity index (χ1n) is 17.3. The summed E-state index contributed by atoms with van der Waals surface area (Å²) in [7, 11) is 6.05. The van der Waals surface area contributed by atoms with Gasteiger partial charge in [0.15, 0.2) is 5.72 Å². The number of nitrogens with zero attached hydrogens (tertiary/aromatic N) is 2. The summed E-state index contributed by atoms with van der Waals surface area (Å²) in [4.78, 5) is 56.3. The average Bonchev–Trinajstić information content (AvgIpc) is 3.07. The van der Waals surface area contributed by atoms with Gasteiger partial charge >= 0.3 is 12.1 Å². The maximum Gasteiger partial charge on any atom is 0.409 e. The minimum atomic E-state index is -1.85. The van der Waals surface area contributed by atoms with Crippen LogP contribution >= 0.6 is 23.4 Å². The van der Waals surface area contributed by atoms with Crippen LogP contribution in [-0.4, -0.2) is 115 Å². The van der Waals surface area contributed by atoms with Gasteiger partial charge in [-0.1, -0.05) is 35.4 Å². The molecule has 0 spiro atoms. The number of methoxy groups -OCH3 is 2. The number of hydrogen-bond acceptors (Lipinski definition) is 11. The molecule has 1 unspecified atom stereocenters. The lowest BCUT2D eigenvalue weighted by atomic mass is 9.72. The standard InChI is InChI=1S/C37H52ClN3O10S/c1-22-12-10-13-27(48-8)37(46)20-29(50-34(45)39-37)36(4)21-35(3,51-36)28(49-33(44)23(2)40(5)30(42)14-11-15-52-9)19-31(43)41(6)25-17-24(16-22)18-26(47-7)32(25)38/h10,12-13,17-18,23,27-29,46H,11,14-16,19-21H2,1-9H3,(H,39,45)/b13-10+,22-12+/t23-,27+,28-,29?,35+,36-,37-/m0/s1. The lowest BCUT2D eigenvalue weighted by Crippen LogP contribution is -2.72. The molecule has 3 amide bonds. The van der Waals surface area contributed by atoms with Crippen molar-refractivity contribution in [2.24, 2.45) is 0 Å². The number of hydrogen-bond donors (Lipinski definition) is 2. The van der Waals surface area contributed by atoms with Gasteiger partial charge in [-0.15, -0.1) is 0 Å². The van der Waals surface area contributed by atoms with Gasteiger partial charge < -0.3 is 38.6 Å². The highest BCUT2D eigenvalue weighted by Crippen LogP contribution is 2.50. The van der Waals surface area contributed by atoms with Crippen molar-refractivity contribution in [2.75, 3.05) is 45.2 Å². The number of aliphatic hydroxyl groups is 1. The SMILES string of the molecule is COc1cc2cc(c1Cl)N(C)C(=O)C[C@H](OC(=O)[C@H](C)N(C)C(=O)CCCSC)[C@@]1(C)C[C@](C)(O1)C1C[C@@](O)(NC(=O)O1)[C@H](OC)/C=C/C=C(\C)C2. The largest absolute Gasteiger partial charge is 0.495 e. The van der Waals surface area contributed by atoms with Crippen molar-refractivity contribution in [3.8, 4) is 5.75 Å². The minimum Gasteiger partial charge on any atom is -0.495 e. The molecule has 7 atom stereocenters. The quantitative estimate of drug-likeness (QED) is 0.263. The molecule has 0 saturated carbocycles. The Morgan fingerprint density at radius 2 is 1.92 bits per heavy atom. The van der Waals surface area contributed by atoms with E-state index in [1.165, 1.54) is 24.0 Å². The van der Waals surface area contributed by atoms with Gasteiger partial charge in [0.1, 0.15) is 46.3 Å². The van der Waals surface area contributed by atoms with Crippen molar-refractivity contribution < 1.29 is 48.0 Å². The lowest BCUT2D eigenvalue weighted by Gasteiger charge is -2.59. The van der Waals surface area contributed by atoms with Gasteiger partial charge in [-0.25, -0.2) is 9.59 Å². The van der Waals surface area contributed by atoms with Crippen LogP contribution in [0.25, 0.3) is 0 Å². The summed E-state index contributed by atoms with van der Waals surface area (Å²) in [5.74, 6) is -0.150. The Bertz CT molecular complexity index is 1580. The second-order valence-corrected chi connectivity index (χ2v) is 15.6. The summed E-state index contributed by atoms with van der Waals surface area (Å²) >= 11 is 8.39. The van der Waals surface area contributed by atoms with Crippen molar-refractivity contribution in [1.29, 1.82) is 0 Å². The van der Waals surface area contributed by atoms with E-state index in [1.807, 2.05) is 19.3 Å². The summed E-state index contributed by atoms with van der Waals surface area (Å²) in [6, 6.07) is 2.64. The number of benzene rings is 1. The Labute approximate surface area is 315 Å². The zero-order valence-corrected chi connectivity index (χ0v) is 33.0. The van der Waals surface area contributed by atoms with Crippen LogP contribution in [0.3, 0.4) is 0 Å². The Morgan fingerprint density at radius 1 is 1.23 bits per heavy atom. The second kappa shape index (κ2) is 16.8. The molecule has 0 aromatic heterocycles. The Balaban J connectivity index is 1.75. The van der Waals surface area contributed by atoms with Gasteiger partial charge in [0, 0.05) is 40.5 Å². The second-order valence-electron chi connectivity index (χ2n) is 14.3. The molecule has 15 heteroatoms. The number of likely N-dealkylation sites (N-methyl/N-ethyl adjacent to an activating group) is 1. The summed E-state index contributed by atoms with van der Waals surface area (Å²) in [5.41, 5.74) is -2.08. The smallest absolute Gasteiger partial charge is 0.409 e. The van der Waals surface area contributed by atoms with E-state index in [-0.39, 0.29) is 36.6 Å². The number of carbonyl (C=O) groups excluding carboxylic acids is 4. The first kappa shape index (κ1) is 41.5. The highest BCUT2D eigenvalue weighted by atomic mass is 35.5. The van der Waals surface area contributed by atoms with Crippen LogP contribution < -0.4 is 15.0 Å². The highest BCUT2D eigenvalue weighted by molar-refractivity contribution is 7.98. The lowest BCUT2D eigenvalue weighted by molar-refractivity contribution is -0.328. The van der Waals surface area contributed by atoms with E-state index in [0.717, 1.165) is 16.9 Å². The molecule has 52 heavy (non-hydrogen) atoms. The zero-order valence-electron chi connectivity index (χ0n) is 31.4. The number of amides is 3. The number of ether oxygens (including phenoxy) is 5. The molecular weight excluding hydrogens is 714 g/mol. The summed E-state index contributed by atoms with van der Waals surface area (Å²) in [6.45, 7) is 6.95. The molecule has 4 aliphatic heterocycles. The number of fused-ring (bicyclic) bond motifs is 6. The fourth-order valence-corrected chi connectivity index (χ4v) is 7.80. The van der Waals surface area contributed by atoms with Crippen LogP contribution in [-0.2, 0) is 39.8 Å². The van der Waals surface area contributed by atoms with Gasteiger partial charge in [-0.05, 0) is 70.2 Å². The fraction of sp³-hybridized carbons (Fsp3) is 0.622. The van der Waals surface area contributed by atoms with Gasteiger partial charge in [-0.3, -0.25) is 14.9 Å². The third-order valence-electron chi connectivity index (χ3n) is 10.2. The predicted octanol–water partition coefficient (Wildman–Crippen LogP) is 4.80. The molecule has 4 aliphatic rings. The van der Waals surface area contributed by atoms with Gasteiger partial charge in [-0.2, -0.15) is 11.8 Å². The van der Waals surface area contributed by atoms with E-state index in [4.69, 9.17) is 35.3 Å². The maximum absolute atomic E-state index is 14.1. The number of halogens is 1. The molecule has 13 nitrogen and oxygen atoms in total. The molecule has 2 fully saturated rings. The first-order chi connectivity index (χ1) is 24.4. The number of esters is 1. The molecule has 0 aliphatic carbocycles. The molecular formula is C37H52ClN3O10S. The number of rotatable bonds is 9. The van der Waals surface area contributed by atoms with Crippen molar-refractivity contribution in [3.05, 3.63) is 46.5 Å². The van der Waals surface area contributed by atoms with Crippen LogP contribution in [0.15, 0.2) is 35.9 Å². The molecule has 5 rings (SSSR count). The predicted molar refractivity (Wildman–Crippen MR) is 199 cm³/mol. The fourth-order valence-electron chi connectivity index (χ4n) is 7.06. The Hall–Kier alpha value is -3.30. The average molecular weight is 766 g/mol. The van der Waals surface area contributed by atoms with E-state index < -0.39 is 59.3 Å². The van der Waals surface area contributed by atoms with Crippen molar-refractivity contribution in [2.45, 2.75) is 108 Å². The van der Waals surface area contributed by atoms with Gasteiger partial charge in [0.2, 0.25) is 11.8 Å². The van der Waals surface area contributed by atoms with Gasteiger partial charge in [0.25, 0.3) is 0 Å². The molecule has 1 aromatic carbocycles. The van der Waals surface area contributed by atoms with Crippen LogP contribution in [0.4, 0.5) is 10.5 Å². The molecule has 4 heterocycles. The number of thioether (sulfide) groups is 1. The zero-order chi connectivity index (χ0) is 38.6. The monoisotopic (exact) mass is 765 g/mol.